The largest absolute Gasteiger partial charge is 0.493 e. The van der Waals surface area contributed by atoms with Gasteiger partial charge in [-0.1, -0.05) is 18.2 Å². The third kappa shape index (κ3) is 2.94. The molecule has 122 valence electrons. The number of imidazole rings is 1. The first-order valence-electron chi connectivity index (χ1n) is 7.24. The second-order valence-corrected chi connectivity index (χ2v) is 5.08. The van der Waals surface area contributed by atoms with Gasteiger partial charge in [-0.3, -0.25) is 0 Å². The molecule has 0 fully saturated rings. The van der Waals surface area contributed by atoms with Gasteiger partial charge in [0.05, 0.1) is 25.3 Å². The molecule has 0 radical (unpaired) electrons. The van der Waals surface area contributed by atoms with Gasteiger partial charge in [0.25, 0.3) is 0 Å². The molecule has 0 amide bonds. The van der Waals surface area contributed by atoms with Crippen molar-refractivity contribution in [1.82, 2.24) is 9.97 Å². The van der Waals surface area contributed by atoms with Gasteiger partial charge in [0.1, 0.15) is 11.3 Å². The highest BCUT2D eigenvalue weighted by Crippen LogP contribution is 2.28. The van der Waals surface area contributed by atoms with E-state index in [2.05, 4.69) is 9.97 Å². The molecule has 0 aliphatic rings. The summed E-state index contributed by atoms with van der Waals surface area (Å²) < 4.78 is 10.5. The van der Waals surface area contributed by atoms with Crippen molar-refractivity contribution in [3.8, 4) is 11.5 Å². The summed E-state index contributed by atoms with van der Waals surface area (Å²) in [4.78, 5) is 18.7. The monoisotopic (exact) mass is 324 g/mol. The van der Waals surface area contributed by atoms with Crippen molar-refractivity contribution in [3.05, 3.63) is 53.3 Å². The van der Waals surface area contributed by atoms with Gasteiger partial charge in [0.15, 0.2) is 11.5 Å². The van der Waals surface area contributed by atoms with Crippen LogP contribution in [0.25, 0.3) is 23.2 Å². The van der Waals surface area contributed by atoms with Gasteiger partial charge in [0.2, 0.25) is 0 Å². The van der Waals surface area contributed by atoms with Crippen LogP contribution in [0.1, 0.15) is 21.7 Å². The second kappa shape index (κ2) is 6.45. The van der Waals surface area contributed by atoms with E-state index < -0.39 is 5.97 Å². The number of nitrogens with zero attached hydrogens (tertiary/aromatic N) is 1. The number of benzene rings is 2. The van der Waals surface area contributed by atoms with Crippen molar-refractivity contribution < 1.29 is 19.4 Å². The number of carboxylic acid groups (broad SMARTS) is 1. The first-order chi connectivity index (χ1) is 11.6. The average molecular weight is 324 g/mol. The molecule has 3 rings (SSSR count). The normalized spacial score (nSPS) is 11.1. The molecule has 3 aromatic rings. The number of carboxylic acids is 1. The van der Waals surface area contributed by atoms with Crippen molar-refractivity contribution in [2.45, 2.75) is 0 Å². The van der Waals surface area contributed by atoms with E-state index >= 15 is 0 Å². The molecule has 0 saturated heterocycles. The summed E-state index contributed by atoms with van der Waals surface area (Å²) in [6.07, 6.45) is 3.65. The second-order valence-electron chi connectivity index (χ2n) is 5.08. The number of carbonyl (C=O) groups is 1. The molecule has 0 unspecified atom stereocenters. The minimum atomic E-state index is -0.998. The van der Waals surface area contributed by atoms with Crippen LogP contribution in [-0.4, -0.2) is 35.3 Å². The molecule has 24 heavy (non-hydrogen) atoms. The van der Waals surface area contributed by atoms with Crippen molar-refractivity contribution >= 4 is 29.2 Å². The first kappa shape index (κ1) is 15.6. The topological polar surface area (TPSA) is 84.4 Å². The molecular formula is C18H16N2O4. The van der Waals surface area contributed by atoms with Crippen LogP contribution < -0.4 is 9.47 Å². The van der Waals surface area contributed by atoms with E-state index in [4.69, 9.17) is 9.47 Å². The zero-order valence-corrected chi connectivity index (χ0v) is 13.2. The fraction of sp³-hybridized carbons (Fsp3) is 0.111. The van der Waals surface area contributed by atoms with Crippen LogP contribution in [0, 0.1) is 0 Å². The van der Waals surface area contributed by atoms with Crippen LogP contribution in [0.4, 0.5) is 0 Å². The van der Waals surface area contributed by atoms with Crippen LogP contribution in [-0.2, 0) is 0 Å². The summed E-state index contributed by atoms with van der Waals surface area (Å²) in [5.41, 5.74) is 2.21. The highest BCUT2D eigenvalue weighted by atomic mass is 16.5. The van der Waals surface area contributed by atoms with Crippen LogP contribution >= 0.6 is 0 Å². The fourth-order valence-corrected chi connectivity index (χ4v) is 2.43. The number of hydrogen-bond donors (Lipinski definition) is 2. The van der Waals surface area contributed by atoms with Gasteiger partial charge in [-0.05, 0) is 35.9 Å². The molecule has 0 spiro atoms. The van der Waals surface area contributed by atoms with Gasteiger partial charge in [-0.2, -0.15) is 0 Å². The third-order valence-corrected chi connectivity index (χ3v) is 3.60. The number of aromatic nitrogens is 2. The molecule has 0 saturated carbocycles. The van der Waals surface area contributed by atoms with Crippen molar-refractivity contribution in [2.24, 2.45) is 0 Å². The lowest BCUT2D eigenvalue weighted by Gasteiger charge is -2.07. The summed E-state index contributed by atoms with van der Waals surface area (Å²) in [7, 11) is 3.17. The van der Waals surface area contributed by atoms with Gasteiger partial charge in [-0.15, -0.1) is 0 Å². The Morgan fingerprint density at radius 3 is 2.62 bits per heavy atom. The number of fused-ring (bicyclic) bond motifs is 1. The van der Waals surface area contributed by atoms with E-state index in [0.717, 1.165) is 5.56 Å². The SMILES string of the molecule is COc1ccc(/C=C\c2nc3c(C(=O)O)cccc3[nH]2)cc1OC. The van der Waals surface area contributed by atoms with Crippen molar-refractivity contribution in [3.63, 3.8) is 0 Å². The minimum absolute atomic E-state index is 0.175. The summed E-state index contributed by atoms with van der Waals surface area (Å²) in [5.74, 6) is 0.873. The Balaban J connectivity index is 1.93. The molecule has 0 atom stereocenters. The van der Waals surface area contributed by atoms with Crippen LogP contribution in [0.15, 0.2) is 36.4 Å². The maximum Gasteiger partial charge on any atom is 0.337 e. The lowest BCUT2D eigenvalue weighted by molar-refractivity contribution is 0.0699. The molecule has 1 aromatic heterocycles. The standard InChI is InChI=1S/C18H16N2O4/c1-23-14-8-6-11(10-15(14)24-2)7-9-16-19-13-5-3-4-12(18(21)22)17(13)20-16/h3-10H,1-2H3,(H,19,20)(H,21,22)/b9-7-. The van der Waals surface area contributed by atoms with E-state index in [1.807, 2.05) is 24.3 Å². The predicted octanol–water partition coefficient (Wildman–Crippen LogP) is 3.45. The fourth-order valence-electron chi connectivity index (χ4n) is 2.43. The summed E-state index contributed by atoms with van der Waals surface area (Å²) >= 11 is 0. The Hall–Kier alpha value is -3.28. The van der Waals surface area contributed by atoms with E-state index in [9.17, 15) is 9.90 Å². The zero-order valence-electron chi connectivity index (χ0n) is 13.2. The maximum atomic E-state index is 11.2. The molecule has 6 nitrogen and oxygen atoms in total. The molecule has 1 heterocycles. The van der Waals surface area contributed by atoms with Gasteiger partial charge in [0, 0.05) is 0 Å². The van der Waals surface area contributed by atoms with Gasteiger partial charge < -0.3 is 19.6 Å². The Kier molecular flexibility index (Phi) is 4.20. The number of para-hydroxylation sites is 1. The zero-order chi connectivity index (χ0) is 17.1. The third-order valence-electron chi connectivity index (χ3n) is 3.60. The number of methoxy groups -OCH3 is 2. The van der Waals surface area contributed by atoms with E-state index in [1.54, 1.807) is 32.4 Å². The minimum Gasteiger partial charge on any atom is -0.493 e. The highest BCUT2D eigenvalue weighted by Gasteiger charge is 2.11. The Morgan fingerprint density at radius 2 is 1.92 bits per heavy atom. The lowest BCUT2D eigenvalue weighted by atomic mass is 10.2. The van der Waals surface area contributed by atoms with Gasteiger partial charge >= 0.3 is 5.97 Å². The van der Waals surface area contributed by atoms with E-state index in [-0.39, 0.29) is 5.56 Å². The number of ether oxygens (including phenoxy) is 2. The number of rotatable bonds is 5. The van der Waals surface area contributed by atoms with Crippen LogP contribution in [0.2, 0.25) is 0 Å². The first-order valence-corrected chi connectivity index (χ1v) is 7.24. The summed E-state index contributed by atoms with van der Waals surface area (Å²) in [6, 6.07) is 10.6. The van der Waals surface area contributed by atoms with Crippen molar-refractivity contribution in [1.29, 1.82) is 0 Å². The molecule has 0 aliphatic heterocycles. The molecule has 2 N–H and O–H groups in total. The summed E-state index contributed by atoms with van der Waals surface area (Å²) in [6.45, 7) is 0. The van der Waals surface area contributed by atoms with E-state index in [1.165, 1.54) is 6.07 Å². The molecular weight excluding hydrogens is 308 g/mol. The van der Waals surface area contributed by atoms with Crippen LogP contribution in [0.5, 0.6) is 11.5 Å². The number of aromatic carboxylic acids is 1. The predicted molar refractivity (Wildman–Crippen MR) is 91.5 cm³/mol. The molecule has 2 aromatic carbocycles. The Morgan fingerprint density at radius 1 is 1.12 bits per heavy atom. The Labute approximate surface area is 138 Å². The highest BCUT2D eigenvalue weighted by molar-refractivity contribution is 6.01. The lowest BCUT2D eigenvalue weighted by Crippen LogP contribution is -1.96. The quantitative estimate of drug-likeness (QED) is 0.751. The molecule has 0 bridgehead atoms. The number of nitrogens with one attached hydrogen (secondary N) is 1. The Bertz CT molecular complexity index is 928. The van der Waals surface area contributed by atoms with Gasteiger partial charge in [-0.25, -0.2) is 9.78 Å². The average Bonchev–Trinajstić information content (AvgIpc) is 3.02. The number of H-pyrrole nitrogens is 1. The van der Waals surface area contributed by atoms with Crippen LogP contribution in [0.3, 0.4) is 0 Å². The number of hydrogen-bond acceptors (Lipinski definition) is 4. The maximum absolute atomic E-state index is 11.2. The molecule has 0 aliphatic carbocycles. The number of aromatic amines is 1. The smallest absolute Gasteiger partial charge is 0.337 e. The molecule has 6 heteroatoms. The summed E-state index contributed by atoms with van der Waals surface area (Å²) in [5, 5.41) is 9.21. The van der Waals surface area contributed by atoms with E-state index in [0.29, 0.717) is 28.4 Å². The van der Waals surface area contributed by atoms with Crippen molar-refractivity contribution in [2.75, 3.05) is 14.2 Å².